The third-order valence-corrected chi connectivity index (χ3v) is 5.10. The van der Waals surface area contributed by atoms with Crippen molar-refractivity contribution >= 4 is 80.2 Å². The number of nitro groups is 1. The van der Waals surface area contributed by atoms with Crippen LogP contribution in [0.1, 0.15) is 10.4 Å². The fourth-order valence-electron chi connectivity index (χ4n) is 2.71. The molecule has 0 radical (unpaired) electrons. The number of benzene rings is 3. The van der Waals surface area contributed by atoms with Crippen LogP contribution in [0.2, 0.25) is 0 Å². The molecule has 3 aromatic rings. The van der Waals surface area contributed by atoms with Crippen molar-refractivity contribution in [2.24, 2.45) is 0 Å². The molecule has 1 atom stereocenters. The highest BCUT2D eigenvalue weighted by Gasteiger charge is 2.35. The van der Waals surface area contributed by atoms with Gasteiger partial charge in [-0.15, -0.1) is 0 Å². The first kappa shape index (κ1) is 23.0. The van der Waals surface area contributed by atoms with Gasteiger partial charge in [-0.25, -0.2) is 0 Å². The number of fused-ring (bicyclic) bond motifs is 1. The van der Waals surface area contributed by atoms with E-state index in [1.54, 1.807) is 0 Å². The fraction of sp³-hybridized carbons (Fsp3) is 0.100. The number of hydrogen-bond acceptors (Lipinski definition) is 4. The maximum absolute atomic E-state index is 12.5. The molecule has 0 heterocycles. The first-order chi connectivity index (χ1) is 14.6. The Hall–Kier alpha value is -2.65. The first-order valence-corrected chi connectivity index (χ1v) is 10.4. The lowest BCUT2D eigenvalue weighted by atomic mass is 10.1. The first-order valence-electron chi connectivity index (χ1n) is 8.82. The van der Waals surface area contributed by atoms with Crippen LogP contribution in [-0.4, -0.2) is 25.9 Å². The van der Waals surface area contributed by atoms with Gasteiger partial charge in [-0.3, -0.25) is 14.9 Å². The van der Waals surface area contributed by atoms with E-state index in [0.717, 1.165) is 10.8 Å². The molecular formula is C20H15Cl3N4O3S. The van der Waals surface area contributed by atoms with Crippen LogP contribution in [-0.2, 0) is 0 Å². The summed E-state index contributed by atoms with van der Waals surface area (Å²) in [6, 6.07) is 18.5. The van der Waals surface area contributed by atoms with E-state index in [1.165, 1.54) is 24.3 Å². The molecule has 0 aliphatic rings. The quantitative estimate of drug-likeness (QED) is 0.148. The highest BCUT2D eigenvalue weighted by Crippen LogP contribution is 2.29. The van der Waals surface area contributed by atoms with E-state index in [-0.39, 0.29) is 16.4 Å². The van der Waals surface area contributed by atoms with Crippen LogP contribution in [0.5, 0.6) is 0 Å². The van der Waals surface area contributed by atoms with Gasteiger partial charge in [0, 0.05) is 23.4 Å². The number of alkyl halides is 3. The minimum atomic E-state index is -1.94. The third kappa shape index (κ3) is 6.18. The minimum absolute atomic E-state index is 0.121. The van der Waals surface area contributed by atoms with Crippen molar-refractivity contribution in [2.45, 2.75) is 9.96 Å². The second-order valence-corrected chi connectivity index (χ2v) is 9.19. The molecule has 3 aromatic carbocycles. The number of nitro benzene ring substituents is 1. The van der Waals surface area contributed by atoms with E-state index in [2.05, 4.69) is 16.0 Å². The zero-order valence-electron chi connectivity index (χ0n) is 15.6. The Balaban J connectivity index is 1.69. The van der Waals surface area contributed by atoms with Crippen molar-refractivity contribution < 1.29 is 9.72 Å². The fourth-order valence-corrected chi connectivity index (χ4v) is 3.28. The van der Waals surface area contributed by atoms with Crippen molar-refractivity contribution in [3.63, 3.8) is 0 Å². The van der Waals surface area contributed by atoms with E-state index >= 15 is 0 Å². The number of rotatable bonds is 5. The summed E-state index contributed by atoms with van der Waals surface area (Å²) >= 11 is 23.3. The molecule has 0 aliphatic carbocycles. The van der Waals surface area contributed by atoms with E-state index in [1.807, 2.05) is 42.5 Å². The average Bonchev–Trinajstić information content (AvgIpc) is 2.72. The number of non-ortho nitro benzene ring substituents is 1. The molecule has 3 rings (SSSR count). The van der Waals surface area contributed by atoms with E-state index in [4.69, 9.17) is 47.0 Å². The summed E-state index contributed by atoms with van der Waals surface area (Å²) in [6.45, 7) is 0. The smallest absolute Gasteiger partial charge is 0.269 e. The molecule has 0 aromatic heterocycles. The van der Waals surface area contributed by atoms with Crippen molar-refractivity contribution in [3.05, 3.63) is 82.4 Å². The number of thiocarbonyl (C=S) groups is 1. The third-order valence-electron chi connectivity index (χ3n) is 4.23. The van der Waals surface area contributed by atoms with Crippen molar-refractivity contribution in [1.29, 1.82) is 0 Å². The molecule has 11 heteroatoms. The van der Waals surface area contributed by atoms with Gasteiger partial charge in [0.1, 0.15) is 6.17 Å². The maximum Gasteiger partial charge on any atom is 0.269 e. The normalized spacial score (nSPS) is 12.1. The summed E-state index contributed by atoms with van der Waals surface area (Å²) in [5, 5.41) is 21.2. The maximum atomic E-state index is 12.5. The summed E-state index contributed by atoms with van der Waals surface area (Å²) in [5.41, 5.74) is 0.717. The summed E-state index contributed by atoms with van der Waals surface area (Å²) in [6.07, 6.45) is -1.18. The summed E-state index contributed by atoms with van der Waals surface area (Å²) in [4.78, 5) is 22.7. The molecule has 0 saturated heterocycles. The molecular weight excluding hydrogens is 483 g/mol. The van der Waals surface area contributed by atoms with Gasteiger partial charge in [0.25, 0.3) is 11.6 Å². The largest absolute Gasteiger partial charge is 0.339 e. The lowest BCUT2D eigenvalue weighted by molar-refractivity contribution is -0.384. The van der Waals surface area contributed by atoms with Crippen LogP contribution in [0, 0.1) is 10.1 Å². The number of amides is 1. The highest BCUT2D eigenvalue weighted by molar-refractivity contribution is 7.80. The Morgan fingerprint density at radius 2 is 1.61 bits per heavy atom. The Labute approximate surface area is 197 Å². The second kappa shape index (κ2) is 9.65. The van der Waals surface area contributed by atoms with Gasteiger partial charge in [0.2, 0.25) is 3.79 Å². The molecule has 0 spiro atoms. The highest BCUT2D eigenvalue weighted by atomic mass is 35.6. The summed E-state index contributed by atoms with van der Waals surface area (Å²) < 4.78 is -1.94. The lowest BCUT2D eigenvalue weighted by Gasteiger charge is -2.27. The van der Waals surface area contributed by atoms with Gasteiger partial charge in [-0.2, -0.15) is 0 Å². The average molecular weight is 498 g/mol. The number of hydrogen-bond donors (Lipinski definition) is 3. The van der Waals surface area contributed by atoms with Gasteiger partial charge >= 0.3 is 0 Å². The van der Waals surface area contributed by atoms with Gasteiger partial charge < -0.3 is 16.0 Å². The van der Waals surface area contributed by atoms with Crippen LogP contribution in [0.15, 0.2) is 66.7 Å². The van der Waals surface area contributed by atoms with Gasteiger partial charge in [0.15, 0.2) is 5.11 Å². The Morgan fingerprint density at radius 3 is 2.23 bits per heavy atom. The molecule has 1 amide bonds. The predicted molar refractivity (Wildman–Crippen MR) is 128 cm³/mol. The monoisotopic (exact) mass is 496 g/mol. The van der Waals surface area contributed by atoms with E-state index in [9.17, 15) is 14.9 Å². The Bertz CT molecular complexity index is 1140. The predicted octanol–water partition coefficient (Wildman–Crippen LogP) is 5.16. The molecule has 160 valence electrons. The molecule has 0 bridgehead atoms. The lowest BCUT2D eigenvalue weighted by Crippen LogP contribution is -2.56. The number of nitrogens with one attached hydrogen (secondary N) is 3. The van der Waals surface area contributed by atoms with Crippen molar-refractivity contribution in [2.75, 3.05) is 5.32 Å². The Kier molecular flexibility index (Phi) is 7.17. The van der Waals surface area contributed by atoms with Crippen LogP contribution >= 0.6 is 47.0 Å². The molecule has 0 saturated carbocycles. The molecule has 3 N–H and O–H groups in total. The van der Waals surface area contributed by atoms with Crippen LogP contribution in [0.4, 0.5) is 11.4 Å². The van der Waals surface area contributed by atoms with Crippen LogP contribution in [0.3, 0.4) is 0 Å². The number of carbonyl (C=O) groups excluding carboxylic acids is 1. The zero-order valence-corrected chi connectivity index (χ0v) is 18.7. The SMILES string of the molecule is O=C(N[C@H](NC(=S)Nc1ccc2ccccc2c1)C(Cl)(Cl)Cl)c1ccc([N+](=O)[O-])cc1. The van der Waals surface area contributed by atoms with Crippen LogP contribution in [0.25, 0.3) is 10.8 Å². The molecule has 0 unspecified atom stereocenters. The zero-order chi connectivity index (χ0) is 22.6. The molecule has 31 heavy (non-hydrogen) atoms. The van der Waals surface area contributed by atoms with Crippen molar-refractivity contribution in [1.82, 2.24) is 10.6 Å². The van der Waals surface area contributed by atoms with Crippen LogP contribution < -0.4 is 16.0 Å². The number of anilines is 1. The molecule has 0 aliphatic heterocycles. The van der Waals surface area contributed by atoms with Gasteiger partial charge in [0.05, 0.1) is 4.92 Å². The second-order valence-electron chi connectivity index (χ2n) is 6.41. The summed E-state index contributed by atoms with van der Waals surface area (Å²) in [7, 11) is 0. The van der Waals surface area contributed by atoms with E-state index in [0.29, 0.717) is 5.69 Å². The number of halogens is 3. The molecule has 7 nitrogen and oxygen atoms in total. The van der Waals surface area contributed by atoms with E-state index < -0.39 is 20.8 Å². The topological polar surface area (TPSA) is 96.3 Å². The van der Waals surface area contributed by atoms with Gasteiger partial charge in [-0.1, -0.05) is 65.1 Å². The number of nitrogens with zero attached hydrogens (tertiary/aromatic N) is 1. The number of carbonyl (C=O) groups is 1. The molecule has 0 fully saturated rings. The summed E-state index contributed by atoms with van der Waals surface area (Å²) in [5.74, 6) is -0.604. The standard InChI is InChI=1S/C20H15Cl3N4O3S/c21-20(22,23)18(25-17(28)13-6-9-16(10-7-13)27(29)30)26-19(31)24-15-8-5-12-3-1-2-4-14(12)11-15/h1-11,18H,(H,25,28)(H2,24,26,31)/t18-/m1/s1. The van der Waals surface area contributed by atoms with Gasteiger partial charge in [-0.05, 0) is 47.3 Å². The van der Waals surface area contributed by atoms with Crippen molar-refractivity contribution in [3.8, 4) is 0 Å². The Morgan fingerprint density at radius 1 is 0.968 bits per heavy atom. The minimum Gasteiger partial charge on any atom is -0.339 e.